The quantitative estimate of drug-likeness (QED) is 0.771. The Kier molecular flexibility index (Phi) is 9.46. The van der Waals surface area contributed by atoms with Crippen molar-refractivity contribution in [2.75, 3.05) is 0 Å². The summed E-state index contributed by atoms with van der Waals surface area (Å²) in [6.45, 7) is 8.48. The Balaban J connectivity index is 0.000000557. The Hall–Kier alpha value is -0.350. The molecule has 1 heterocycles. The van der Waals surface area contributed by atoms with Crippen molar-refractivity contribution in [2.45, 2.75) is 53.1 Å². The van der Waals surface area contributed by atoms with Gasteiger partial charge in [-0.2, -0.15) is 0 Å². The highest BCUT2D eigenvalue weighted by molar-refractivity contribution is 7.30. The maximum absolute atomic E-state index is 10.1. The molecule has 1 aromatic rings. The molecule has 0 saturated carbocycles. The Bertz CT molecular complexity index is 326. The van der Waals surface area contributed by atoms with Crippen LogP contribution in [-0.2, 0) is 15.7 Å². The third-order valence-corrected chi connectivity index (χ3v) is 3.13. The molecule has 4 nitrogen and oxygen atoms in total. The molecule has 0 bridgehead atoms. The van der Waals surface area contributed by atoms with Gasteiger partial charge >= 0.3 is 8.25 Å². The van der Waals surface area contributed by atoms with Crippen molar-refractivity contribution in [3.05, 3.63) is 16.1 Å². The molecule has 1 unspecified atom stereocenters. The number of nitrogens with zero attached hydrogens (tertiary/aromatic N) is 1. The summed E-state index contributed by atoms with van der Waals surface area (Å²) in [5.41, 5.74) is 0.977. The maximum atomic E-state index is 10.1. The molecule has 17 heavy (non-hydrogen) atoms. The van der Waals surface area contributed by atoms with Crippen LogP contribution in [0.25, 0.3) is 0 Å². The molecule has 0 aliphatic rings. The summed E-state index contributed by atoms with van der Waals surface area (Å²) >= 11 is 1.42. The molecule has 1 aromatic heterocycles. The number of rotatable bonds is 5. The van der Waals surface area contributed by atoms with Crippen LogP contribution in [0.3, 0.4) is 0 Å². The normalized spacial score (nSPS) is 11.1. The van der Waals surface area contributed by atoms with Crippen LogP contribution in [-0.4, -0.2) is 4.98 Å². The van der Waals surface area contributed by atoms with E-state index in [-0.39, 0.29) is 6.61 Å². The molecule has 1 rings (SSSR count). The molecule has 0 aliphatic heterocycles. The zero-order valence-electron chi connectivity index (χ0n) is 10.8. The summed E-state index contributed by atoms with van der Waals surface area (Å²) in [5, 5.41) is 2.62. The van der Waals surface area contributed by atoms with Gasteiger partial charge < -0.3 is 4.89 Å². The summed E-state index contributed by atoms with van der Waals surface area (Å²) in [6.07, 6.45) is 2.64. The van der Waals surface area contributed by atoms with Crippen molar-refractivity contribution in [2.24, 2.45) is 0 Å². The summed E-state index contributed by atoms with van der Waals surface area (Å²) in [5.74, 6) is 0.367. The van der Waals surface area contributed by atoms with E-state index in [2.05, 4.69) is 23.4 Å². The van der Waals surface area contributed by atoms with Gasteiger partial charge in [0.25, 0.3) is 0 Å². The Morgan fingerprint density at radius 3 is 2.41 bits per heavy atom. The monoisotopic (exact) mass is 277 g/mol. The van der Waals surface area contributed by atoms with Crippen LogP contribution >= 0.6 is 19.6 Å². The number of thiazole rings is 1. The molecule has 1 atom stereocenters. The van der Waals surface area contributed by atoms with E-state index in [1.807, 2.05) is 19.2 Å². The van der Waals surface area contributed by atoms with E-state index in [1.165, 1.54) is 24.2 Å². The zero-order chi connectivity index (χ0) is 13.3. The van der Waals surface area contributed by atoms with Crippen molar-refractivity contribution in [3.8, 4) is 0 Å². The van der Waals surface area contributed by atoms with E-state index < -0.39 is 8.25 Å². The lowest BCUT2D eigenvalue weighted by atomic mass is 10.2. The number of hydrogen-bond donors (Lipinski definition) is 0. The van der Waals surface area contributed by atoms with E-state index in [1.54, 1.807) is 0 Å². The van der Waals surface area contributed by atoms with Crippen LogP contribution < -0.4 is 4.89 Å². The number of hydrogen-bond acceptors (Lipinski definition) is 5. The molecule has 6 heteroatoms. The van der Waals surface area contributed by atoms with Crippen LogP contribution in [0.5, 0.6) is 0 Å². The fraction of sp³-hybridized carbons (Fsp3) is 0.727. The molecular formula is C11H20NO3PS. The van der Waals surface area contributed by atoms with Crippen molar-refractivity contribution in [3.63, 3.8) is 0 Å². The van der Waals surface area contributed by atoms with E-state index in [9.17, 15) is 9.46 Å². The summed E-state index contributed by atoms with van der Waals surface area (Å²) < 4.78 is 14.5. The van der Waals surface area contributed by atoms with E-state index in [0.717, 1.165) is 5.69 Å². The van der Waals surface area contributed by atoms with Crippen LogP contribution in [0.1, 0.15) is 57.2 Å². The van der Waals surface area contributed by atoms with Gasteiger partial charge in [0.05, 0.1) is 5.69 Å². The van der Waals surface area contributed by atoms with Crippen molar-refractivity contribution in [1.29, 1.82) is 0 Å². The SMILES string of the molecule is CC(C)c1csc(CO[P+](=O)[O-])n1.CCCC. The first-order valence-electron chi connectivity index (χ1n) is 5.72. The van der Waals surface area contributed by atoms with E-state index in [4.69, 9.17) is 0 Å². The highest BCUT2D eigenvalue weighted by Gasteiger charge is 2.08. The number of aromatic nitrogens is 1. The molecule has 0 radical (unpaired) electrons. The minimum Gasteiger partial charge on any atom is -0.566 e. The van der Waals surface area contributed by atoms with E-state index >= 15 is 0 Å². The van der Waals surface area contributed by atoms with E-state index in [0.29, 0.717) is 10.9 Å². The maximum Gasteiger partial charge on any atom is 0.488 e. The van der Waals surface area contributed by atoms with Gasteiger partial charge in [-0.1, -0.05) is 40.5 Å². The van der Waals surface area contributed by atoms with Crippen LogP contribution in [0.2, 0.25) is 0 Å². The van der Waals surface area contributed by atoms with Crippen molar-refractivity contribution < 1.29 is 14.0 Å². The van der Waals surface area contributed by atoms with Crippen LogP contribution in [0.4, 0.5) is 0 Å². The van der Waals surface area contributed by atoms with Crippen molar-refractivity contribution in [1.82, 2.24) is 4.98 Å². The minimum absolute atomic E-state index is 0.0517. The predicted molar refractivity (Wildman–Crippen MR) is 69.2 cm³/mol. The molecule has 0 saturated heterocycles. The molecule has 0 N–H and O–H groups in total. The van der Waals surface area contributed by atoms with Gasteiger partial charge in [0, 0.05) is 5.38 Å². The molecule has 0 fully saturated rings. The molecule has 0 spiro atoms. The molecule has 0 aromatic carbocycles. The fourth-order valence-corrected chi connectivity index (χ4v) is 1.95. The minimum atomic E-state index is -2.76. The number of unbranched alkanes of at least 4 members (excludes halogenated alkanes) is 1. The van der Waals surface area contributed by atoms with Crippen molar-refractivity contribution >= 4 is 19.6 Å². The zero-order valence-corrected chi connectivity index (χ0v) is 12.5. The summed E-state index contributed by atoms with van der Waals surface area (Å²) in [4.78, 5) is 14.3. The van der Waals surface area contributed by atoms with Gasteiger partial charge in [0.1, 0.15) is 5.01 Å². The topological polar surface area (TPSA) is 62.2 Å². The largest absolute Gasteiger partial charge is 0.566 e. The lowest BCUT2D eigenvalue weighted by molar-refractivity contribution is -0.186. The average molecular weight is 277 g/mol. The van der Waals surface area contributed by atoms with Gasteiger partial charge in [-0.15, -0.1) is 15.9 Å². The molecule has 0 amide bonds. The van der Waals surface area contributed by atoms with Crippen LogP contribution in [0.15, 0.2) is 5.38 Å². The highest BCUT2D eigenvalue weighted by atomic mass is 32.1. The standard InChI is InChI=1S/C7H10NO3PS.C4H10/c1-5(2)6-4-13-7(8-6)3-11-12(9)10;1-3-4-2/h4-5H,3H2,1-2H3;3-4H2,1-2H3. The first kappa shape index (κ1) is 16.6. The van der Waals surface area contributed by atoms with Gasteiger partial charge in [-0.25, -0.2) is 4.98 Å². The first-order chi connectivity index (χ1) is 8.01. The van der Waals surface area contributed by atoms with Gasteiger partial charge in [0.2, 0.25) is 0 Å². The second-order valence-corrected chi connectivity index (χ2v) is 5.47. The molecule has 98 valence electrons. The summed E-state index contributed by atoms with van der Waals surface area (Å²) in [7, 11) is -2.76. The van der Waals surface area contributed by atoms with Crippen LogP contribution in [0, 0.1) is 0 Å². The lowest BCUT2D eigenvalue weighted by Crippen LogP contribution is -1.93. The Labute approximate surface area is 108 Å². The second-order valence-electron chi connectivity index (χ2n) is 3.82. The Morgan fingerprint density at radius 1 is 1.47 bits per heavy atom. The molecule has 0 aliphatic carbocycles. The third kappa shape index (κ3) is 8.38. The molecular weight excluding hydrogens is 257 g/mol. The van der Waals surface area contributed by atoms with Gasteiger partial charge in [-0.3, -0.25) is 0 Å². The Morgan fingerprint density at radius 2 is 2.06 bits per heavy atom. The summed E-state index contributed by atoms with van der Waals surface area (Å²) in [6, 6.07) is 0. The van der Waals surface area contributed by atoms with Gasteiger partial charge in [0.15, 0.2) is 6.61 Å². The predicted octanol–water partition coefficient (Wildman–Crippen LogP) is 3.61. The smallest absolute Gasteiger partial charge is 0.488 e. The fourth-order valence-electron chi connectivity index (χ4n) is 0.764. The first-order valence-corrected chi connectivity index (χ1v) is 7.70. The highest BCUT2D eigenvalue weighted by Crippen LogP contribution is 2.20. The lowest BCUT2D eigenvalue weighted by Gasteiger charge is -1.96. The van der Waals surface area contributed by atoms with Gasteiger partial charge in [-0.05, 0) is 10.5 Å². The second kappa shape index (κ2) is 9.66. The third-order valence-electron chi connectivity index (χ3n) is 1.95. The average Bonchev–Trinajstić information content (AvgIpc) is 2.75.